The number of anilines is 1. The van der Waals surface area contributed by atoms with Gasteiger partial charge >= 0.3 is 0 Å². The molecule has 1 aromatic carbocycles. The lowest BCUT2D eigenvalue weighted by atomic mass is 9.94. The van der Waals surface area contributed by atoms with Crippen LogP contribution in [0.15, 0.2) is 18.2 Å². The Labute approximate surface area is 120 Å². The summed E-state index contributed by atoms with van der Waals surface area (Å²) < 4.78 is 0. The average molecular weight is 283 g/mol. The highest BCUT2D eigenvalue weighted by atomic mass is 35.5. The number of aliphatic hydroxyl groups excluding tert-OH is 1. The van der Waals surface area contributed by atoms with Crippen molar-refractivity contribution in [3.05, 3.63) is 28.8 Å². The molecule has 0 saturated carbocycles. The van der Waals surface area contributed by atoms with Crippen molar-refractivity contribution in [1.29, 1.82) is 0 Å². The van der Waals surface area contributed by atoms with Crippen molar-refractivity contribution in [2.45, 2.75) is 25.8 Å². The number of nitrogens with one attached hydrogen (secondary N) is 1. The molecular formula is C15H23ClN2O. The third kappa shape index (κ3) is 3.85. The van der Waals surface area contributed by atoms with Crippen LogP contribution in [0.25, 0.3) is 0 Å². The molecule has 0 aliphatic carbocycles. The van der Waals surface area contributed by atoms with Gasteiger partial charge in [-0.15, -0.1) is 0 Å². The van der Waals surface area contributed by atoms with Gasteiger partial charge in [0.15, 0.2) is 0 Å². The first-order chi connectivity index (χ1) is 9.24. The van der Waals surface area contributed by atoms with E-state index in [9.17, 15) is 0 Å². The molecule has 0 spiro atoms. The maximum atomic E-state index is 9.11. The van der Waals surface area contributed by atoms with Crippen LogP contribution in [0, 0.1) is 5.92 Å². The van der Waals surface area contributed by atoms with E-state index in [2.05, 4.69) is 22.3 Å². The average Bonchev–Trinajstić information content (AvgIpc) is 2.42. The quantitative estimate of drug-likeness (QED) is 0.872. The molecule has 19 heavy (non-hydrogen) atoms. The monoisotopic (exact) mass is 282 g/mol. The fourth-order valence-electron chi connectivity index (χ4n) is 2.87. The standard InChI is InChI=1S/C15H23ClN2O/c1-17-10-13-4-5-14(16)9-15(13)18-7-2-3-12(11-18)6-8-19/h4-5,9,12,17,19H,2-3,6-8,10-11H2,1H3. The molecular weight excluding hydrogens is 260 g/mol. The topological polar surface area (TPSA) is 35.5 Å². The lowest BCUT2D eigenvalue weighted by molar-refractivity contribution is 0.244. The largest absolute Gasteiger partial charge is 0.396 e. The molecule has 1 heterocycles. The van der Waals surface area contributed by atoms with Gasteiger partial charge in [0.05, 0.1) is 0 Å². The van der Waals surface area contributed by atoms with E-state index >= 15 is 0 Å². The number of piperidine rings is 1. The van der Waals surface area contributed by atoms with Crippen LogP contribution in [-0.4, -0.2) is 31.9 Å². The minimum absolute atomic E-state index is 0.289. The fraction of sp³-hybridized carbons (Fsp3) is 0.600. The Hall–Kier alpha value is -0.770. The van der Waals surface area contributed by atoms with E-state index in [1.165, 1.54) is 24.1 Å². The highest BCUT2D eigenvalue weighted by Crippen LogP contribution is 2.30. The Kier molecular flexibility index (Phi) is 5.49. The van der Waals surface area contributed by atoms with Crippen molar-refractivity contribution >= 4 is 17.3 Å². The predicted molar refractivity (Wildman–Crippen MR) is 80.9 cm³/mol. The highest BCUT2D eigenvalue weighted by molar-refractivity contribution is 6.30. The molecule has 1 aliphatic rings. The number of rotatable bonds is 5. The first-order valence-corrected chi connectivity index (χ1v) is 7.41. The molecule has 1 saturated heterocycles. The number of benzene rings is 1. The zero-order chi connectivity index (χ0) is 13.7. The number of aliphatic hydroxyl groups is 1. The van der Waals surface area contributed by atoms with Gasteiger partial charge in [0, 0.05) is 37.0 Å². The summed E-state index contributed by atoms with van der Waals surface area (Å²) in [5.41, 5.74) is 2.53. The zero-order valence-electron chi connectivity index (χ0n) is 11.5. The summed E-state index contributed by atoms with van der Waals surface area (Å²) in [5, 5.41) is 13.1. The van der Waals surface area contributed by atoms with Gasteiger partial charge in [0.25, 0.3) is 0 Å². The van der Waals surface area contributed by atoms with Crippen LogP contribution in [0.2, 0.25) is 5.02 Å². The van der Waals surface area contributed by atoms with E-state index < -0.39 is 0 Å². The number of halogens is 1. The smallest absolute Gasteiger partial charge is 0.0434 e. The molecule has 0 amide bonds. The molecule has 1 atom stereocenters. The van der Waals surface area contributed by atoms with Crippen LogP contribution in [0.5, 0.6) is 0 Å². The van der Waals surface area contributed by atoms with Crippen LogP contribution in [0.1, 0.15) is 24.8 Å². The Morgan fingerprint density at radius 1 is 1.47 bits per heavy atom. The molecule has 106 valence electrons. The maximum Gasteiger partial charge on any atom is 0.0434 e. The molecule has 1 fully saturated rings. The SMILES string of the molecule is CNCc1ccc(Cl)cc1N1CCCC(CCO)C1. The number of nitrogens with zero attached hydrogens (tertiary/aromatic N) is 1. The van der Waals surface area contributed by atoms with E-state index in [0.717, 1.165) is 31.1 Å². The van der Waals surface area contributed by atoms with Gasteiger partial charge in [-0.25, -0.2) is 0 Å². The molecule has 1 aliphatic heterocycles. The summed E-state index contributed by atoms with van der Waals surface area (Å²) in [4.78, 5) is 2.42. The normalized spacial score (nSPS) is 19.7. The van der Waals surface area contributed by atoms with E-state index in [0.29, 0.717) is 5.92 Å². The summed E-state index contributed by atoms with van der Waals surface area (Å²) in [7, 11) is 1.96. The van der Waals surface area contributed by atoms with Crippen LogP contribution in [0.3, 0.4) is 0 Å². The minimum Gasteiger partial charge on any atom is -0.396 e. The van der Waals surface area contributed by atoms with E-state index in [4.69, 9.17) is 16.7 Å². The molecule has 3 nitrogen and oxygen atoms in total. The third-order valence-electron chi connectivity index (χ3n) is 3.81. The predicted octanol–water partition coefficient (Wildman–Crippen LogP) is 2.66. The third-order valence-corrected chi connectivity index (χ3v) is 4.05. The van der Waals surface area contributed by atoms with Gasteiger partial charge in [-0.3, -0.25) is 0 Å². The van der Waals surface area contributed by atoms with Crippen molar-refractivity contribution in [1.82, 2.24) is 5.32 Å². The van der Waals surface area contributed by atoms with Crippen LogP contribution < -0.4 is 10.2 Å². The lowest BCUT2D eigenvalue weighted by Crippen LogP contribution is -2.36. The maximum absolute atomic E-state index is 9.11. The fourth-order valence-corrected chi connectivity index (χ4v) is 3.04. The first-order valence-electron chi connectivity index (χ1n) is 7.03. The second kappa shape index (κ2) is 7.13. The van der Waals surface area contributed by atoms with E-state index in [1.54, 1.807) is 0 Å². The lowest BCUT2D eigenvalue weighted by Gasteiger charge is -2.35. The van der Waals surface area contributed by atoms with E-state index in [1.807, 2.05) is 13.1 Å². The van der Waals surface area contributed by atoms with Gasteiger partial charge in [-0.1, -0.05) is 17.7 Å². The molecule has 2 rings (SSSR count). The van der Waals surface area contributed by atoms with Crippen LogP contribution in [0.4, 0.5) is 5.69 Å². The van der Waals surface area contributed by atoms with Gasteiger partial charge < -0.3 is 15.3 Å². The molecule has 2 N–H and O–H groups in total. The van der Waals surface area contributed by atoms with Gasteiger partial charge in [-0.2, -0.15) is 0 Å². The van der Waals surface area contributed by atoms with Crippen molar-refractivity contribution < 1.29 is 5.11 Å². The van der Waals surface area contributed by atoms with Crippen molar-refractivity contribution in [2.75, 3.05) is 31.6 Å². The highest BCUT2D eigenvalue weighted by Gasteiger charge is 2.21. The van der Waals surface area contributed by atoms with Gasteiger partial charge in [0.2, 0.25) is 0 Å². The molecule has 1 unspecified atom stereocenters. The van der Waals surface area contributed by atoms with Crippen LogP contribution >= 0.6 is 11.6 Å². The zero-order valence-corrected chi connectivity index (χ0v) is 12.3. The Balaban J connectivity index is 2.17. The molecule has 1 aromatic rings. The second-order valence-corrected chi connectivity index (χ2v) is 5.71. The number of hydrogen-bond donors (Lipinski definition) is 2. The second-order valence-electron chi connectivity index (χ2n) is 5.27. The summed E-state index contributed by atoms with van der Waals surface area (Å²) in [5.74, 6) is 0.597. The Morgan fingerprint density at radius 2 is 2.32 bits per heavy atom. The van der Waals surface area contributed by atoms with Gasteiger partial charge in [-0.05, 0) is 49.9 Å². The van der Waals surface area contributed by atoms with Gasteiger partial charge in [0.1, 0.15) is 0 Å². The van der Waals surface area contributed by atoms with Crippen molar-refractivity contribution in [2.24, 2.45) is 5.92 Å². The Bertz CT molecular complexity index is 409. The van der Waals surface area contributed by atoms with Crippen LogP contribution in [-0.2, 0) is 6.54 Å². The first kappa shape index (κ1) is 14.6. The van der Waals surface area contributed by atoms with Crippen molar-refractivity contribution in [3.8, 4) is 0 Å². The summed E-state index contributed by atoms with van der Waals surface area (Å²) in [6, 6.07) is 6.12. The Morgan fingerprint density at radius 3 is 3.05 bits per heavy atom. The summed E-state index contributed by atoms with van der Waals surface area (Å²) >= 11 is 6.15. The minimum atomic E-state index is 0.289. The molecule has 4 heteroatoms. The molecule has 0 bridgehead atoms. The van der Waals surface area contributed by atoms with E-state index in [-0.39, 0.29) is 6.61 Å². The summed E-state index contributed by atoms with van der Waals surface area (Å²) in [6.07, 6.45) is 3.31. The molecule has 0 aromatic heterocycles. The van der Waals surface area contributed by atoms with Crippen molar-refractivity contribution in [3.63, 3.8) is 0 Å². The number of hydrogen-bond acceptors (Lipinski definition) is 3. The molecule has 0 radical (unpaired) electrons. The summed E-state index contributed by atoms with van der Waals surface area (Å²) in [6.45, 7) is 3.25.